The number of hydrogen-bond donors (Lipinski definition) is 0. The van der Waals surface area contributed by atoms with E-state index >= 15 is 0 Å². The van der Waals surface area contributed by atoms with Gasteiger partial charge < -0.3 is 9.47 Å². The second-order valence-corrected chi connectivity index (χ2v) is 18.6. The third-order valence-electron chi connectivity index (χ3n) is 10.3. The summed E-state index contributed by atoms with van der Waals surface area (Å²) in [6.45, 7) is 2.42. The van der Waals surface area contributed by atoms with E-state index < -0.39 is 32.4 Å². The van der Waals surface area contributed by atoms with Gasteiger partial charge in [-0.1, -0.05) is 118 Å². The Morgan fingerprint density at radius 1 is 0.558 bits per heavy atom. The topological polar surface area (TPSA) is 96.0 Å². The van der Waals surface area contributed by atoms with Crippen LogP contribution in [-0.4, -0.2) is 33.6 Å². The Bertz CT molecular complexity index is 1790. The van der Waals surface area contributed by atoms with Gasteiger partial charge in [-0.05, 0) is 96.5 Å². The van der Waals surface area contributed by atoms with E-state index in [9.17, 15) is 18.0 Å². The molecule has 2 saturated carbocycles. The van der Waals surface area contributed by atoms with Gasteiger partial charge >= 0.3 is 22.1 Å². The van der Waals surface area contributed by atoms with Crippen molar-refractivity contribution in [3.8, 4) is 0 Å². The Morgan fingerprint density at radius 3 is 1.42 bits per heavy atom. The Kier molecular flexibility index (Phi) is 12.9. The molecule has 0 amide bonds. The molecule has 0 saturated heterocycles. The van der Waals surface area contributed by atoms with Crippen molar-refractivity contribution in [3.05, 3.63) is 120 Å². The molecular weight excluding hydrogens is 693 g/mol. The minimum absolute atomic E-state index is 0.0390. The van der Waals surface area contributed by atoms with Gasteiger partial charge in [0.25, 0.3) is 0 Å². The van der Waals surface area contributed by atoms with Crippen LogP contribution in [0.4, 0.5) is 0 Å². The molecule has 7 nitrogen and oxygen atoms in total. The molecule has 2 fully saturated rings. The number of rotatable bonds is 14. The maximum atomic E-state index is 14.7. The molecule has 2 aliphatic rings. The SMILES string of the molecule is Cc1ccc(S(OS(=O)(=O)c2cc(C(=O)OCCC3CCCCC3)cc(C(=O)OCCC3CCCCC3)c2)(c2ccccc2)c2ccccc2)cc1. The summed E-state index contributed by atoms with van der Waals surface area (Å²) >= 11 is 0. The molecule has 0 spiro atoms. The summed E-state index contributed by atoms with van der Waals surface area (Å²) in [6.07, 6.45) is 13.2. The fraction of sp³-hybridized carbons (Fsp3) is 0.395. The minimum Gasteiger partial charge on any atom is -0.462 e. The van der Waals surface area contributed by atoms with E-state index in [1.807, 2.05) is 91.9 Å². The highest BCUT2D eigenvalue weighted by Gasteiger charge is 2.39. The van der Waals surface area contributed by atoms with Gasteiger partial charge in [0.05, 0.1) is 29.2 Å². The highest BCUT2D eigenvalue weighted by molar-refractivity contribution is 8.33. The Hall–Kier alpha value is -3.92. The van der Waals surface area contributed by atoms with Gasteiger partial charge in [0.2, 0.25) is 0 Å². The molecule has 0 N–H and O–H groups in total. The largest absolute Gasteiger partial charge is 0.462 e. The van der Waals surface area contributed by atoms with E-state index in [1.54, 1.807) is 0 Å². The van der Waals surface area contributed by atoms with E-state index in [1.165, 1.54) is 56.7 Å². The van der Waals surface area contributed by atoms with Crippen LogP contribution >= 0.6 is 10.3 Å². The smallest absolute Gasteiger partial charge is 0.338 e. The van der Waals surface area contributed by atoms with Crippen LogP contribution in [0.3, 0.4) is 0 Å². The van der Waals surface area contributed by atoms with Crippen molar-refractivity contribution in [2.45, 2.75) is 104 Å². The zero-order valence-electron chi connectivity index (χ0n) is 30.0. The van der Waals surface area contributed by atoms with E-state index in [4.69, 9.17) is 13.1 Å². The van der Waals surface area contributed by atoms with Crippen LogP contribution in [0.5, 0.6) is 0 Å². The maximum absolute atomic E-state index is 14.7. The Morgan fingerprint density at radius 2 is 0.981 bits per heavy atom. The molecule has 0 atom stereocenters. The van der Waals surface area contributed by atoms with Crippen LogP contribution in [0.1, 0.15) is 103 Å². The van der Waals surface area contributed by atoms with Crippen molar-refractivity contribution in [1.29, 1.82) is 0 Å². The molecule has 6 rings (SSSR count). The first kappa shape index (κ1) is 37.8. The molecular formula is C43H50O7S2. The second kappa shape index (κ2) is 17.7. The number of carbonyl (C=O) groups is 2. The first-order valence-electron chi connectivity index (χ1n) is 18.7. The van der Waals surface area contributed by atoms with Gasteiger partial charge in [0.1, 0.15) is 0 Å². The number of aryl methyl sites for hydroxylation is 1. The highest BCUT2D eigenvalue weighted by Crippen LogP contribution is 2.70. The van der Waals surface area contributed by atoms with Crippen molar-refractivity contribution in [2.75, 3.05) is 13.2 Å². The molecule has 0 radical (unpaired) electrons. The average molecular weight is 743 g/mol. The van der Waals surface area contributed by atoms with Crippen LogP contribution in [0.2, 0.25) is 0 Å². The van der Waals surface area contributed by atoms with Gasteiger partial charge in [-0.3, -0.25) is 0 Å². The van der Waals surface area contributed by atoms with Crippen LogP contribution in [0.25, 0.3) is 0 Å². The first-order valence-corrected chi connectivity index (χ1v) is 21.7. The summed E-state index contributed by atoms with van der Waals surface area (Å²) in [6, 6.07) is 30.2. The zero-order valence-corrected chi connectivity index (χ0v) is 31.7. The first-order chi connectivity index (χ1) is 25.2. The normalized spacial score (nSPS) is 16.2. The lowest BCUT2D eigenvalue weighted by atomic mass is 9.87. The Balaban J connectivity index is 1.36. The molecule has 0 aromatic heterocycles. The molecule has 276 valence electrons. The fourth-order valence-electron chi connectivity index (χ4n) is 7.39. The number of carbonyl (C=O) groups excluding carboxylic acids is 2. The molecule has 0 aliphatic heterocycles. The fourth-order valence-corrected chi connectivity index (χ4v) is 12.7. The lowest BCUT2D eigenvalue weighted by Crippen LogP contribution is -2.18. The van der Waals surface area contributed by atoms with Crippen molar-refractivity contribution >= 4 is 32.4 Å². The van der Waals surface area contributed by atoms with E-state index in [-0.39, 0.29) is 29.2 Å². The predicted molar refractivity (Wildman–Crippen MR) is 204 cm³/mol. The second-order valence-electron chi connectivity index (χ2n) is 14.1. The monoisotopic (exact) mass is 742 g/mol. The van der Waals surface area contributed by atoms with Crippen LogP contribution in [0, 0.1) is 18.8 Å². The molecule has 0 bridgehead atoms. The zero-order chi connectivity index (χ0) is 36.4. The highest BCUT2D eigenvalue weighted by atomic mass is 32.3. The number of esters is 2. The molecule has 2 aliphatic carbocycles. The van der Waals surface area contributed by atoms with E-state index in [0.29, 0.717) is 26.5 Å². The van der Waals surface area contributed by atoms with Gasteiger partial charge in [0.15, 0.2) is 0 Å². The summed E-state index contributed by atoms with van der Waals surface area (Å²) in [4.78, 5) is 28.8. The van der Waals surface area contributed by atoms with Crippen molar-refractivity contribution in [1.82, 2.24) is 0 Å². The van der Waals surface area contributed by atoms with Gasteiger partial charge in [-0.25, -0.2) is 13.2 Å². The van der Waals surface area contributed by atoms with Crippen LogP contribution in [-0.2, 0) is 23.2 Å². The van der Waals surface area contributed by atoms with Crippen LogP contribution in [0.15, 0.2) is 123 Å². The quantitative estimate of drug-likeness (QED) is 0.119. The maximum Gasteiger partial charge on any atom is 0.338 e. The third-order valence-corrected chi connectivity index (χ3v) is 15.5. The molecule has 0 heterocycles. The van der Waals surface area contributed by atoms with E-state index in [2.05, 4.69) is 0 Å². The van der Waals surface area contributed by atoms with Crippen molar-refractivity contribution in [2.24, 2.45) is 11.8 Å². The minimum atomic E-state index is -4.64. The van der Waals surface area contributed by atoms with Crippen molar-refractivity contribution in [3.63, 3.8) is 0 Å². The summed E-state index contributed by atoms with van der Waals surface area (Å²) < 4.78 is 47.4. The summed E-state index contributed by atoms with van der Waals surface area (Å²) in [5, 5.41) is 0. The number of hydrogen-bond acceptors (Lipinski definition) is 7. The molecule has 4 aromatic rings. The predicted octanol–water partition coefficient (Wildman–Crippen LogP) is 10.9. The third kappa shape index (κ3) is 9.35. The average Bonchev–Trinajstić information content (AvgIpc) is 3.18. The lowest BCUT2D eigenvalue weighted by molar-refractivity contribution is 0.0473. The standard InChI is InChI=1S/C43H50O7S2/c1-33-22-24-40(25-23-33)51(38-18-10-4-11-19-38,39-20-12-5-13-21-39)50-52(46,47)41-31-36(42(44)48-28-26-34-14-6-2-7-15-34)30-37(32-41)43(45)49-29-27-35-16-8-3-9-17-35/h4-5,10-13,18-25,30-32,34-35H,2-3,6-9,14-17,26-29H2,1H3. The summed E-state index contributed by atoms with van der Waals surface area (Å²) in [7, 11) is -7.53. The van der Waals surface area contributed by atoms with Gasteiger partial charge in [0, 0.05) is 14.7 Å². The number of benzene rings is 4. The molecule has 9 heteroatoms. The molecule has 52 heavy (non-hydrogen) atoms. The molecule has 4 aromatic carbocycles. The van der Waals surface area contributed by atoms with E-state index in [0.717, 1.165) is 44.1 Å². The summed E-state index contributed by atoms with van der Waals surface area (Å²) in [5.41, 5.74) is 0.938. The van der Waals surface area contributed by atoms with Gasteiger partial charge in [-0.15, -0.1) is 0 Å². The van der Waals surface area contributed by atoms with Crippen molar-refractivity contribution < 1.29 is 31.1 Å². The van der Waals surface area contributed by atoms with Crippen LogP contribution < -0.4 is 0 Å². The molecule has 0 unspecified atom stereocenters. The number of ether oxygens (including phenoxy) is 2. The van der Waals surface area contributed by atoms with Gasteiger partial charge in [-0.2, -0.15) is 8.42 Å². The summed E-state index contributed by atoms with van der Waals surface area (Å²) in [5.74, 6) is -0.366. The lowest BCUT2D eigenvalue weighted by Gasteiger charge is -2.39. The Labute approximate surface area is 310 Å².